The molecule has 3 aliphatic carbocycles. The van der Waals surface area contributed by atoms with E-state index in [-0.39, 0.29) is 0 Å². The molecule has 0 aromatic heterocycles. The van der Waals surface area contributed by atoms with Crippen molar-refractivity contribution in [2.24, 2.45) is 23.7 Å². The van der Waals surface area contributed by atoms with Gasteiger partial charge in [-0.05, 0) is 23.8 Å². The van der Waals surface area contributed by atoms with E-state index in [0.717, 1.165) is 18.4 Å². The Balaban J connectivity index is 1.47. The standard InChI is InChI=1S/C17H18O/c1-2-5-12(6-3-1)11-18-17-15-9-10-16(17)14-8-4-7-13(14)15/h1-7,9-10,13-17H,8,11H2/t13-,14+,15-,16+,17+/m1/s1. The summed E-state index contributed by atoms with van der Waals surface area (Å²) in [5, 5.41) is 0. The summed E-state index contributed by atoms with van der Waals surface area (Å²) >= 11 is 0. The Hall–Kier alpha value is -1.34. The van der Waals surface area contributed by atoms with E-state index in [9.17, 15) is 0 Å². The Labute approximate surface area is 108 Å². The minimum atomic E-state index is 0.421. The first-order valence-corrected chi connectivity index (χ1v) is 6.94. The second kappa shape index (κ2) is 4.10. The van der Waals surface area contributed by atoms with Crippen molar-refractivity contribution < 1.29 is 4.74 Å². The van der Waals surface area contributed by atoms with E-state index in [1.54, 1.807) is 0 Å². The molecule has 1 saturated carbocycles. The minimum Gasteiger partial charge on any atom is -0.372 e. The number of benzene rings is 1. The highest BCUT2D eigenvalue weighted by Crippen LogP contribution is 2.54. The van der Waals surface area contributed by atoms with Gasteiger partial charge in [-0.2, -0.15) is 0 Å². The monoisotopic (exact) mass is 238 g/mol. The van der Waals surface area contributed by atoms with Gasteiger partial charge in [0.25, 0.3) is 0 Å². The summed E-state index contributed by atoms with van der Waals surface area (Å²) in [7, 11) is 0. The summed E-state index contributed by atoms with van der Waals surface area (Å²) in [6.45, 7) is 0.753. The molecule has 1 nitrogen and oxygen atoms in total. The van der Waals surface area contributed by atoms with E-state index in [0.29, 0.717) is 17.9 Å². The third-order valence-electron chi connectivity index (χ3n) is 4.80. The topological polar surface area (TPSA) is 9.23 Å². The second-order valence-electron chi connectivity index (χ2n) is 5.71. The number of fused-ring (bicyclic) bond motifs is 5. The molecule has 18 heavy (non-hydrogen) atoms. The van der Waals surface area contributed by atoms with E-state index in [1.165, 1.54) is 12.0 Å². The maximum Gasteiger partial charge on any atom is 0.0721 e. The molecular weight excluding hydrogens is 220 g/mol. The molecule has 1 fully saturated rings. The van der Waals surface area contributed by atoms with Crippen molar-refractivity contribution in [3.63, 3.8) is 0 Å². The Morgan fingerprint density at radius 2 is 1.78 bits per heavy atom. The van der Waals surface area contributed by atoms with Crippen LogP contribution in [0.3, 0.4) is 0 Å². The molecule has 3 aliphatic rings. The normalized spacial score (nSPS) is 39.4. The van der Waals surface area contributed by atoms with Gasteiger partial charge in [-0.1, -0.05) is 54.6 Å². The number of hydrogen-bond donors (Lipinski definition) is 0. The van der Waals surface area contributed by atoms with Gasteiger partial charge in [0.2, 0.25) is 0 Å². The molecule has 0 heterocycles. The number of ether oxygens (including phenoxy) is 1. The van der Waals surface area contributed by atoms with Gasteiger partial charge in [-0.3, -0.25) is 0 Å². The predicted molar refractivity (Wildman–Crippen MR) is 71.9 cm³/mol. The van der Waals surface area contributed by atoms with Crippen LogP contribution in [0.15, 0.2) is 54.6 Å². The average Bonchev–Trinajstić information content (AvgIpc) is 3.09. The lowest BCUT2D eigenvalue weighted by molar-refractivity contribution is 0.0115. The number of hydrogen-bond acceptors (Lipinski definition) is 1. The second-order valence-corrected chi connectivity index (χ2v) is 5.71. The third kappa shape index (κ3) is 1.50. The number of rotatable bonds is 3. The Bertz CT molecular complexity index is 488. The van der Waals surface area contributed by atoms with Gasteiger partial charge < -0.3 is 4.74 Å². The van der Waals surface area contributed by atoms with Gasteiger partial charge >= 0.3 is 0 Å². The van der Waals surface area contributed by atoms with E-state index in [1.807, 2.05) is 0 Å². The van der Waals surface area contributed by atoms with Crippen molar-refractivity contribution in [1.82, 2.24) is 0 Å². The summed E-state index contributed by atoms with van der Waals surface area (Å²) in [4.78, 5) is 0. The first-order valence-electron chi connectivity index (χ1n) is 6.94. The van der Waals surface area contributed by atoms with Crippen molar-refractivity contribution >= 4 is 0 Å². The van der Waals surface area contributed by atoms with Gasteiger partial charge in [0.05, 0.1) is 12.7 Å². The van der Waals surface area contributed by atoms with Crippen molar-refractivity contribution in [1.29, 1.82) is 0 Å². The first kappa shape index (κ1) is 10.6. The Morgan fingerprint density at radius 3 is 2.61 bits per heavy atom. The summed E-state index contributed by atoms with van der Waals surface area (Å²) in [6.07, 6.45) is 11.2. The van der Waals surface area contributed by atoms with Crippen LogP contribution < -0.4 is 0 Å². The SMILES string of the molecule is C1=C[C@H]2[C@H]3C=C[C@@H]([C@H]2C1)[C@H]3OCc1ccccc1. The molecule has 2 bridgehead atoms. The minimum absolute atomic E-state index is 0.421. The van der Waals surface area contributed by atoms with E-state index < -0.39 is 0 Å². The van der Waals surface area contributed by atoms with Crippen LogP contribution >= 0.6 is 0 Å². The highest BCUT2D eigenvalue weighted by molar-refractivity contribution is 5.26. The molecule has 0 saturated heterocycles. The van der Waals surface area contributed by atoms with Gasteiger partial charge in [0.1, 0.15) is 0 Å². The average molecular weight is 238 g/mol. The van der Waals surface area contributed by atoms with E-state index >= 15 is 0 Å². The molecule has 0 N–H and O–H groups in total. The van der Waals surface area contributed by atoms with Crippen LogP contribution in [0.1, 0.15) is 12.0 Å². The van der Waals surface area contributed by atoms with Crippen LogP contribution in [-0.4, -0.2) is 6.10 Å². The van der Waals surface area contributed by atoms with Gasteiger partial charge in [-0.25, -0.2) is 0 Å². The van der Waals surface area contributed by atoms with Crippen LogP contribution in [0.4, 0.5) is 0 Å². The first-order chi connectivity index (χ1) is 8.93. The molecule has 0 aliphatic heterocycles. The van der Waals surface area contributed by atoms with Gasteiger partial charge in [0, 0.05) is 11.8 Å². The van der Waals surface area contributed by atoms with Crippen LogP contribution in [0.25, 0.3) is 0 Å². The maximum atomic E-state index is 6.22. The molecule has 1 heteroatoms. The highest BCUT2D eigenvalue weighted by atomic mass is 16.5. The Kier molecular flexibility index (Phi) is 2.41. The largest absolute Gasteiger partial charge is 0.372 e. The molecule has 5 atom stereocenters. The quantitative estimate of drug-likeness (QED) is 0.731. The smallest absolute Gasteiger partial charge is 0.0721 e. The van der Waals surface area contributed by atoms with Crippen LogP contribution in [0.2, 0.25) is 0 Å². The van der Waals surface area contributed by atoms with E-state index in [2.05, 4.69) is 54.6 Å². The lowest BCUT2D eigenvalue weighted by Crippen LogP contribution is -2.21. The molecule has 1 aromatic carbocycles. The highest BCUT2D eigenvalue weighted by Gasteiger charge is 2.52. The summed E-state index contributed by atoms with van der Waals surface area (Å²) in [5.41, 5.74) is 1.28. The fourth-order valence-corrected chi connectivity index (χ4v) is 3.97. The van der Waals surface area contributed by atoms with Crippen LogP contribution in [-0.2, 0) is 11.3 Å². The molecule has 1 aromatic rings. The molecule has 0 amide bonds. The van der Waals surface area contributed by atoms with E-state index in [4.69, 9.17) is 4.74 Å². The predicted octanol–water partition coefficient (Wildman–Crippen LogP) is 3.58. The molecular formula is C17H18O. The lowest BCUT2D eigenvalue weighted by atomic mass is 9.86. The summed E-state index contributed by atoms with van der Waals surface area (Å²) in [6, 6.07) is 10.5. The van der Waals surface area contributed by atoms with Crippen LogP contribution in [0.5, 0.6) is 0 Å². The van der Waals surface area contributed by atoms with Crippen molar-refractivity contribution in [3.05, 3.63) is 60.2 Å². The van der Waals surface area contributed by atoms with Gasteiger partial charge in [-0.15, -0.1) is 0 Å². The van der Waals surface area contributed by atoms with Crippen molar-refractivity contribution in [3.8, 4) is 0 Å². The fourth-order valence-electron chi connectivity index (χ4n) is 3.97. The molecule has 0 radical (unpaired) electrons. The molecule has 4 rings (SSSR count). The van der Waals surface area contributed by atoms with Gasteiger partial charge in [0.15, 0.2) is 0 Å². The van der Waals surface area contributed by atoms with Crippen molar-refractivity contribution in [2.45, 2.75) is 19.1 Å². The third-order valence-corrected chi connectivity index (χ3v) is 4.80. The zero-order valence-electron chi connectivity index (χ0n) is 10.4. The lowest BCUT2D eigenvalue weighted by Gasteiger charge is -2.19. The molecule has 0 unspecified atom stereocenters. The van der Waals surface area contributed by atoms with Crippen molar-refractivity contribution in [2.75, 3.05) is 0 Å². The zero-order chi connectivity index (χ0) is 11.9. The fraction of sp³-hybridized carbons (Fsp3) is 0.412. The molecule has 92 valence electrons. The van der Waals surface area contributed by atoms with Crippen LogP contribution in [0, 0.1) is 23.7 Å². The summed E-state index contributed by atoms with van der Waals surface area (Å²) < 4.78 is 6.22. The number of allylic oxidation sites excluding steroid dienone is 2. The zero-order valence-corrected chi connectivity index (χ0v) is 10.4. The Morgan fingerprint density at radius 1 is 0.944 bits per heavy atom. The molecule has 0 spiro atoms. The maximum absolute atomic E-state index is 6.22. The summed E-state index contributed by atoms with van der Waals surface area (Å²) in [5.74, 6) is 2.85.